The summed E-state index contributed by atoms with van der Waals surface area (Å²) in [4.78, 5) is 12.4. The molecule has 9 heteroatoms. The Labute approximate surface area is 183 Å². The first-order valence-corrected chi connectivity index (χ1v) is 11.0. The van der Waals surface area contributed by atoms with Gasteiger partial charge in [0, 0.05) is 10.7 Å². The molecule has 154 valence electrons. The van der Waals surface area contributed by atoms with Crippen molar-refractivity contribution in [2.45, 2.75) is 0 Å². The third kappa shape index (κ3) is 5.69. The highest BCUT2D eigenvalue weighted by atomic mass is 79.9. The number of hydrogen-bond donors (Lipinski definition) is 3. The van der Waals surface area contributed by atoms with Crippen LogP contribution in [0.3, 0.4) is 0 Å². The van der Waals surface area contributed by atoms with Crippen LogP contribution < -0.4 is 14.9 Å². The molecule has 0 saturated carbocycles. The van der Waals surface area contributed by atoms with Crippen molar-refractivity contribution >= 4 is 55.4 Å². The van der Waals surface area contributed by atoms with Crippen LogP contribution in [0.2, 0.25) is 0 Å². The van der Waals surface area contributed by atoms with Gasteiger partial charge in [0.25, 0.3) is 0 Å². The summed E-state index contributed by atoms with van der Waals surface area (Å²) in [6.07, 6.45) is 2.75. The fourth-order valence-electron chi connectivity index (χ4n) is 2.61. The molecule has 0 spiro atoms. The van der Waals surface area contributed by atoms with E-state index in [0.29, 0.717) is 14.5 Å². The van der Waals surface area contributed by atoms with Crippen molar-refractivity contribution in [1.29, 1.82) is 0 Å². The lowest BCUT2D eigenvalue weighted by Gasteiger charge is -2.20. The number of carbonyl (C=O) groups is 1. The van der Waals surface area contributed by atoms with Crippen LogP contribution in [0, 0.1) is 0 Å². The second-order valence-electron chi connectivity index (χ2n) is 6.08. The van der Waals surface area contributed by atoms with E-state index in [2.05, 4.69) is 26.6 Å². The highest BCUT2D eigenvalue weighted by Crippen LogP contribution is 2.29. The van der Waals surface area contributed by atoms with E-state index in [-0.39, 0.29) is 11.4 Å². The number of para-hydroxylation sites is 3. The van der Waals surface area contributed by atoms with E-state index in [0.717, 1.165) is 5.56 Å². The maximum Gasteiger partial charge on any atom is 0.363 e. The predicted octanol–water partition coefficient (Wildman–Crippen LogP) is 5.37. The summed E-state index contributed by atoms with van der Waals surface area (Å²) < 4.78 is 35.2. The Balaban J connectivity index is 1.88. The molecule has 0 aliphatic carbocycles. The zero-order valence-electron chi connectivity index (χ0n) is 15.6. The third-order valence-electron chi connectivity index (χ3n) is 3.96. The minimum atomic E-state index is -4.64. The lowest BCUT2D eigenvalue weighted by atomic mass is 10.2. The number of carbonyl (C=O) groups excluding carboxylic acids is 1. The first kappa shape index (κ1) is 21.6. The van der Waals surface area contributed by atoms with E-state index in [1.54, 1.807) is 54.6 Å². The largest absolute Gasteiger partial charge is 0.363 e. The average molecular weight is 488 g/mol. The van der Waals surface area contributed by atoms with Crippen molar-refractivity contribution in [2.75, 3.05) is 14.9 Å². The van der Waals surface area contributed by atoms with Gasteiger partial charge in [-0.3, -0.25) is 4.55 Å². The van der Waals surface area contributed by atoms with Gasteiger partial charge in [-0.05, 0) is 51.8 Å². The Morgan fingerprint density at radius 3 is 2.10 bits per heavy atom. The van der Waals surface area contributed by atoms with E-state index in [9.17, 15) is 17.8 Å². The van der Waals surface area contributed by atoms with Crippen LogP contribution in [-0.4, -0.2) is 19.0 Å². The molecule has 0 radical (unpaired) electrons. The number of benzene rings is 3. The van der Waals surface area contributed by atoms with Crippen molar-refractivity contribution in [3.8, 4) is 0 Å². The molecule has 3 aromatic rings. The Bertz CT molecular complexity index is 1170. The zero-order valence-corrected chi connectivity index (χ0v) is 18.0. The average Bonchev–Trinajstić information content (AvgIpc) is 2.71. The summed E-state index contributed by atoms with van der Waals surface area (Å²) in [5.41, 5.74) is 1.55. The molecule has 0 aliphatic heterocycles. The lowest BCUT2D eigenvalue weighted by molar-refractivity contribution is 0.262. The molecule has 30 heavy (non-hydrogen) atoms. The first-order chi connectivity index (χ1) is 14.3. The predicted molar refractivity (Wildman–Crippen MR) is 123 cm³/mol. The van der Waals surface area contributed by atoms with Gasteiger partial charge in [-0.25, -0.2) is 9.10 Å². The van der Waals surface area contributed by atoms with Gasteiger partial charge in [-0.15, -0.1) is 0 Å². The fourth-order valence-corrected chi connectivity index (χ4v) is 3.62. The standard InChI is InChI=1S/C21H18BrN3O4S/c22-17-10-4-5-11-18(17)23-21(26)24-19-12-6-7-13-20(19)25(30(27,28)29)15-14-16-8-2-1-3-9-16/h1-15H,(H2,23,24,26)(H,27,28,29). The van der Waals surface area contributed by atoms with Gasteiger partial charge in [0.05, 0.1) is 17.1 Å². The van der Waals surface area contributed by atoms with Gasteiger partial charge in [0.1, 0.15) is 0 Å². The van der Waals surface area contributed by atoms with E-state index in [1.807, 2.05) is 12.1 Å². The van der Waals surface area contributed by atoms with Gasteiger partial charge in [-0.2, -0.15) is 8.42 Å². The molecule has 0 saturated heterocycles. The van der Waals surface area contributed by atoms with E-state index >= 15 is 0 Å². The lowest BCUT2D eigenvalue weighted by Crippen LogP contribution is -2.27. The molecule has 2 amide bonds. The van der Waals surface area contributed by atoms with Gasteiger partial charge in [0.2, 0.25) is 0 Å². The van der Waals surface area contributed by atoms with Gasteiger partial charge >= 0.3 is 16.3 Å². The van der Waals surface area contributed by atoms with Gasteiger partial charge < -0.3 is 10.6 Å². The molecule has 0 atom stereocenters. The molecule has 0 aliphatic rings. The molecule has 3 N–H and O–H groups in total. The Kier molecular flexibility index (Phi) is 6.88. The Hall–Kier alpha value is -3.14. The monoisotopic (exact) mass is 487 g/mol. The summed E-state index contributed by atoms with van der Waals surface area (Å²) in [6.45, 7) is 0. The smallest absolute Gasteiger partial charge is 0.307 e. The van der Waals surface area contributed by atoms with Crippen LogP contribution in [-0.2, 0) is 10.3 Å². The minimum absolute atomic E-state index is 0.0782. The third-order valence-corrected chi connectivity index (χ3v) is 5.47. The van der Waals surface area contributed by atoms with Crippen molar-refractivity contribution in [1.82, 2.24) is 0 Å². The van der Waals surface area contributed by atoms with Gasteiger partial charge in [0.15, 0.2) is 0 Å². The van der Waals surface area contributed by atoms with Crippen molar-refractivity contribution in [3.05, 3.63) is 95.1 Å². The number of hydrogen-bond acceptors (Lipinski definition) is 3. The molecule has 0 fully saturated rings. The number of rotatable bonds is 6. The maximum absolute atomic E-state index is 12.4. The minimum Gasteiger partial charge on any atom is -0.307 e. The number of nitrogens with zero attached hydrogens (tertiary/aromatic N) is 1. The maximum atomic E-state index is 12.4. The van der Waals surface area contributed by atoms with Crippen molar-refractivity contribution in [2.24, 2.45) is 0 Å². The molecule has 0 aromatic heterocycles. The number of nitrogens with one attached hydrogen (secondary N) is 2. The van der Waals surface area contributed by atoms with Crippen LogP contribution in [0.25, 0.3) is 6.08 Å². The normalized spacial score (nSPS) is 11.3. The molecular formula is C21H18BrN3O4S. The van der Waals surface area contributed by atoms with Crippen molar-refractivity contribution < 1.29 is 17.8 Å². The first-order valence-electron chi connectivity index (χ1n) is 8.76. The van der Waals surface area contributed by atoms with Crippen LogP contribution >= 0.6 is 15.9 Å². The van der Waals surface area contributed by atoms with Crippen LogP contribution in [0.5, 0.6) is 0 Å². The summed E-state index contributed by atoms with van der Waals surface area (Å²) in [6, 6.07) is 21.7. The van der Waals surface area contributed by atoms with E-state index in [1.165, 1.54) is 24.4 Å². The number of urea groups is 1. The molecule has 0 unspecified atom stereocenters. The quantitative estimate of drug-likeness (QED) is 0.406. The van der Waals surface area contributed by atoms with Crippen LogP contribution in [0.15, 0.2) is 89.5 Å². The fraction of sp³-hybridized carbons (Fsp3) is 0. The SMILES string of the molecule is O=C(Nc1ccccc1Br)Nc1ccccc1N(C=Cc1ccccc1)S(=O)(=O)O. The summed E-state index contributed by atoms with van der Waals surface area (Å²) in [5, 5.41) is 5.29. The zero-order chi connectivity index (χ0) is 21.6. The van der Waals surface area contributed by atoms with Gasteiger partial charge in [-0.1, -0.05) is 54.6 Å². The molecular weight excluding hydrogens is 470 g/mol. The summed E-state index contributed by atoms with van der Waals surface area (Å²) in [7, 11) is -4.64. The van der Waals surface area contributed by atoms with E-state index in [4.69, 9.17) is 0 Å². The molecule has 3 aromatic carbocycles. The molecule has 3 rings (SSSR count). The number of amides is 2. The molecule has 7 nitrogen and oxygen atoms in total. The number of anilines is 3. The highest BCUT2D eigenvalue weighted by Gasteiger charge is 2.21. The topological polar surface area (TPSA) is 98.7 Å². The van der Waals surface area contributed by atoms with Crippen molar-refractivity contribution in [3.63, 3.8) is 0 Å². The second-order valence-corrected chi connectivity index (χ2v) is 8.22. The molecule has 0 heterocycles. The Morgan fingerprint density at radius 1 is 0.867 bits per heavy atom. The summed E-state index contributed by atoms with van der Waals surface area (Å²) >= 11 is 3.34. The molecule has 0 bridgehead atoms. The van der Waals surface area contributed by atoms with Crippen LogP contribution in [0.1, 0.15) is 5.56 Å². The Morgan fingerprint density at radius 2 is 1.43 bits per heavy atom. The highest BCUT2D eigenvalue weighted by molar-refractivity contribution is 9.10. The van der Waals surface area contributed by atoms with E-state index < -0.39 is 16.3 Å². The summed E-state index contributed by atoms with van der Waals surface area (Å²) in [5.74, 6) is 0. The second kappa shape index (κ2) is 9.57. The van der Waals surface area contributed by atoms with Crippen LogP contribution in [0.4, 0.5) is 21.9 Å². The number of halogens is 1.